The summed E-state index contributed by atoms with van der Waals surface area (Å²) in [6.45, 7) is 5.38. The Bertz CT molecular complexity index is 574. The van der Waals surface area contributed by atoms with Gasteiger partial charge in [0.25, 0.3) is 5.91 Å². The van der Waals surface area contributed by atoms with E-state index in [2.05, 4.69) is 5.32 Å². The number of ether oxygens (including phenoxy) is 1. The lowest BCUT2D eigenvalue weighted by atomic mass is 9.92. The fraction of sp³-hybridized carbons (Fsp3) is 0.588. The molecule has 0 aliphatic carbocycles. The van der Waals surface area contributed by atoms with Crippen molar-refractivity contribution in [1.29, 1.82) is 0 Å². The first-order valence-corrected chi connectivity index (χ1v) is 8.53. The Hall–Kier alpha value is -1.04. The molecular weight excluding hydrogens is 354 g/mol. The largest absolute Gasteiger partial charge is 0.479 e. The van der Waals surface area contributed by atoms with E-state index in [1.807, 2.05) is 4.90 Å². The molecule has 2 fully saturated rings. The highest BCUT2D eigenvalue weighted by molar-refractivity contribution is 6.32. The zero-order chi connectivity index (χ0) is 16.4. The number of carbonyl (C=O) groups is 1. The van der Waals surface area contributed by atoms with Gasteiger partial charge in [0.2, 0.25) is 0 Å². The predicted octanol–water partition coefficient (Wildman–Crippen LogP) is 3.13. The minimum atomic E-state index is -0.631. The molecule has 3 rings (SSSR count). The zero-order valence-electron chi connectivity index (χ0n) is 13.6. The fourth-order valence-electron chi connectivity index (χ4n) is 3.51. The first kappa shape index (κ1) is 19.3. The lowest BCUT2D eigenvalue weighted by molar-refractivity contribution is -0.137. The number of hydrogen-bond acceptors (Lipinski definition) is 3. The first-order valence-electron chi connectivity index (χ1n) is 8.16. The van der Waals surface area contributed by atoms with Gasteiger partial charge in [-0.3, -0.25) is 4.79 Å². The third-order valence-electron chi connectivity index (χ3n) is 4.88. The number of nitrogens with zero attached hydrogens (tertiary/aromatic N) is 1. The molecule has 3 atom stereocenters. The van der Waals surface area contributed by atoms with Gasteiger partial charge in [0.1, 0.15) is 11.6 Å². The van der Waals surface area contributed by atoms with E-state index < -0.39 is 11.9 Å². The molecule has 2 saturated heterocycles. The number of nitrogens with one attached hydrogen (secondary N) is 1. The van der Waals surface area contributed by atoms with E-state index in [1.165, 1.54) is 18.2 Å². The van der Waals surface area contributed by atoms with Crippen LogP contribution in [-0.4, -0.2) is 43.1 Å². The summed E-state index contributed by atoms with van der Waals surface area (Å²) < 4.78 is 18.7. The molecule has 1 aromatic rings. The van der Waals surface area contributed by atoms with Crippen molar-refractivity contribution in [1.82, 2.24) is 10.2 Å². The van der Waals surface area contributed by atoms with Crippen LogP contribution in [0.3, 0.4) is 0 Å². The van der Waals surface area contributed by atoms with Gasteiger partial charge in [-0.05, 0) is 62.9 Å². The molecule has 7 heteroatoms. The Morgan fingerprint density at radius 3 is 2.54 bits per heavy atom. The van der Waals surface area contributed by atoms with Crippen LogP contribution in [0.15, 0.2) is 18.2 Å². The van der Waals surface area contributed by atoms with Gasteiger partial charge in [-0.25, -0.2) is 4.39 Å². The number of rotatable bonds is 3. The lowest BCUT2D eigenvalue weighted by Gasteiger charge is -2.25. The minimum Gasteiger partial charge on any atom is -0.479 e. The standard InChI is InChI=1S/C17H22ClFN2O2.ClH/c1-11(23-16-3-2-14(19)8-15(16)18)17(22)21-6-4-12-9-20-10-13(12)5-7-21;/h2-3,8,11-13,20H,4-7,9-10H2,1H3;1H/t11?,12-,13+;. The van der Waals surface area contributed by atoms with E-state index in [1.54, 1.807) is 6.92 Å². The molecule has 2 aliphatic heterocycles. The predicted molar refractivity (Wildman–Crippen MR) is 94.4 cm³/mol. The van der Waals surface area contributed by atoms with E-state index in [4.69, 9.17) is 16.3 Å². The highest BCUT2D eigenvalue weighted by atomic mass is 35.5. The van der Waals surface area contributed by atoms with Crippen LogP contribution in [-0.2, 0) is 4.79 Å². The topological polar surface area (TPSA) is 41.6 Å². The normalized spacial score (nSPS) is 24.5. The molecule has 1 N–H and O–H groups in total. The maximum absolute atomic E-state index is 13.1. The van der Waals surface area contributed by atoms with Gasteiger partial charge in [0.05, 0.1) is 5.02 Å². The van der Waals surface area contributed by atoms with E-state index >= 15 is 0 Å². The van der Waals surface area contributed by atoms with Crippen molar-refractivity contribution in [3.05, 3.63) is 29.0 Å². The van der Waals surface area contributed by atoms with Crippen LogP contribution < -0.4 is 10.1 Å². The van der Waals surface area contributed by atoms with E-state index in [0.29, 0.717) is 17.6 Å². The molecule has 24 heavy (non-hydrogen) atoms. The van der Waals surface area contributed by atoms with Crippen LogP contribution in [0.5, 0.6) is 5.75 Å². The Labute approximate surface area is 153 Å². The minimum absolute atomic E-state index is 0. The number of amides is 1. The van der Waals surface area contributed by atoms with Crippen molar-refractivity contribution in [3.63, 3.8) is 0 Å². The van der Waals surface area contributed by atoms with Crippen molar-refractivity contribution in [2.75, 3.05) is 26.2 Å². The molecule has 0 radical (unpaired) electrons. The average molecular weight is 377 g/mol. The Morgan fingerprint density at radius 2 is 1.96 bits per heavy atom. The smallest absolute Gasteiger partial charge is 0.263 e. The molecule has 2 aliphatic rings. The Balaban J connectivity index is 0.00000208. The van der Waals surface area contributed by atoms with Crippen molar-refractivity contribution in [2.24, 2.45) is 11.8 Å². The summed E-state index contributed by atoms with van der Waals surface area (Å²) in [5, 5.41) is 3.61. The SMILES string of the molecule is CC(Oc1ccc(F)cc1Cl)C(=O)N1CC[C@@H]2CNC[C@@H]2CC1.Cl. The summed E-state index contributed by atoms with van der Waals surface area (Å²) in [4.78, 5) is 14.5. The van der Waals surface area contributed by atoms with Crippen LogP contribution in [0.25, 0.3) is 0 Å². The molecule has 0 spiro atoms. The molecule has 134 valence electrons. The quantitative estimate of drug-likeness (QED) is 0.880. The van der Waals surface area contributed by atoms with Crippen molar-refractivity contribution in [2.45, 2.75) is 25.9 Å². The number of fused-ring (bicyclic) bond motifs is 1. The summed E-state index contributed by atoms with van der Waals surface area (Å²) in [6.07, 6.45) is 1.44. The van der Waals surface area contributed by atoms with Gasteiger partial charge in [0.15, 0.2) is 6.10 Å². The molecule has 2 heterocycles. The molecule has 4 nitrogen and oxygen atoms in total. The van der Waals surface area contributed by atoms with Gasteiger partial charge in [0, 0.05) is 13.1 Å². The number of benzene rings is 1. The molecular formula is C17H23Cl2FN2O2. The second kappa shape index (κ2) is 8.37. The van der Waals surface area contributed by atoms with Crippen molar-refractivity contribution < 1.29 is 13.9 Å². The van der Waals surface area contributed by atoms with E-state index in [9.17, 15) is 9.18 Å². The van der Waals surface area contributed by atoms with E-state index in [-0.39, 0.29) is 23.3 Å². The van der Waals surface area contributed by atoms with Crippen LogP contribution >= 0.6 is 24.0 Å². The second-order valence-electron chi connectivity index (χ2n) is 6.42. The maximum Gasteiger partial charge on any atom is 0.263 e. The number of carbonyl (C=O) groups excluding carboxylic acids is 1. The third kappa shape index (κ3) is 4.32. The Morgan fingerprint density at radius 1 is 1.33 bits per heavy atom. The van der Waals surface area contributed by atoms with Crippen LogP contribution in [0, 0.1) is 17.7 Å². The molecule has 1 unspecified atom stereocenters. The van der Waals surface area contributed by atoms with Crippen LogP contribution in [0.2, 0.25) is 5.02 Å². The molecule has 0 bridgehead atoms. The first-order chi connectivity index (χ1) is 11.0. The summed E-state index contributed by atoms with van der Waals surface area (Å²) in [5.74, 6) is 1.24. The van der Waals surface area contributed by atoms with E-state index in [0.717, 1.165) is 39.0 Å². The molecule has 1 amide bonds. The summed E-state index contributed by atoms with van der Waals surface area (Å²) in [7, 11) is 0. The average Bonchev–Trinajstić information content (AvgIpc) is 2.88. The Kier molecular flexibility index (Phi) is 6.72. The summed E-state index contributed by atoms with van der Waals surface area (Å²) in [5.41, 5.74) is 0. The van der Waals surface area contributed by atoms with Crippen LogP contribution in [0.4, 0.5) is 4.39 Å². The highest BCUT2D eigenvalue weighted by Gasteiger charge is 2.33. The third-order valence-corrected chi connectivity index (χ3v) is 5.17. The monoisotopic (exact) mass is 376 g/mol. The summed E-state index contributed by atoms with van der Waals surface area (Å²) >= 11 is 5.96. The highest BCUT2D eigenvalue weighted by Crippen LogP contribution is 2.29. The fourth-order valence-corrected chi connectivity index (χ4v) is 3.72. The number of likely N-dealkylation sites (tertiary alicyclic amines) is 1. The number of hydrogen-bond donors (Lipinski definition) is 1. The van der Waals surface area contributed by atoms with Gasteiger partial charge < -0.3 is 15.0 Å². The van der Waals surface area contributed by atoms with Crippen molar-refractivity contribution in [3.8, 4) is 5.75 Å². The van der Waals surface area contributed by atoms with Gasteiger partial charge in [-0.1, -0.05) is 11.6 Å². The lowest BCUT2D eigenvalue weighted by Crippen LogP contribution is -2.41. The molecule has 0 aromatic heterocycles. The number of halogens is 3. The molecule has 1 aromatic carbocycles. The maximum atomic E-state index is 13.1. The van der Waals surface area contributed by atoms with Gasteiger partial charge in [-0.2, -0.15) is 0 Å². The molecule has 0 saturated carbocycles. The second-order valence-corrected chi connectivity index (χ2v) is 6.82. The zero-order valence-corrected chi connectivity index (χ0v) is 15.2. The van der Waals surface area contributed by atoms with Gasteiger partial charge in [-0.15, -0.1) is 12.4 Å². The summed E-state index contributed by atoms with van der Waals surface area (Å²) in [6, 6.07) is 3.92. The van der Waals surface area contributed by atoms with Crippen molar-refractivity contribution >= 4 is 29.9 Å². The van der Waals surface area contributed by atoms with Gasteiger partial charge >= 0.3 is 0 Å². The van der Waals surface area contributed by atoms with Crippen LogP contribution in [0.1, 0.15) is 19.8 Å².